The van der Waals surface area contributed by atoms with Gasteiger partial charge in [-0.15, -0.1) is 0 Å². The van der Waals surface area contributed by atoms with Crippen molar-refractivity contribution in [3.05, 3.63) is 72.2 Å². The SMILES string of the molecule is CC(O)c1cccc(-c2ccnc(N[C@@H]3CCCC[C@H]3N)c2)c1.N#Cc1ccc(N2CCCCC2)cn1. The number of aliphatic hydroxyl groups is 1. The highest BCUT2D eigenvalue weighted by Gasteiger charge is 2.21. The normalized spacial score (nSPS) is 20.2. The second kappa shape index (κ2) is 13.2. The Balaban J connectivity index is 0.000000195. The van der Waals surface area contributed by atoms with Gasteiger partial charge in [-0.3, -0.25) is 0 Å². The van der Waals surface area contributed by atoms with E-state index in [2.05, 4.69) is 32.3 Å². The highest BCUT2D eigenvalue weighted by atomic mass is 16.3. The molecule has 1 unspecified atom stereocenters. The number of piperidine rings is 1. The number of nitrogens with two attached hydrogens (primary N) is 1. The molecular formula is C30H38N6O. The van der Waals surface area contributed by atoms with Crippen LogP contribution in [0, 0.1) is 11.3 Å². The fraction of sp³-hybridized carbons (Fsp3) is 0.433. The summed E-state index contributed by atoms with van der Waals surface area (Å²) in [6, 6.07) is 18.3. The third-order valence-corrected chi connectivity index (χ3v) is 7.20. The molecule has 1 saturated carbocycles. The van der Waals surface area contributed by atoms with Crippen LogP contribution in [0.1, 0.15) is 69.2 Å². The molecule has 4 N–H and O–H groups in total. The van der Waals surface area contributed by atoms with Crippen LogP contribution in [0.2, 0.25) is 0 Å². The summed E-state index contributed by atoms with van der Waals surface area (Å²) in [5.74, 6) is 0.868. The molecule has 3 atom stereocenters. The van der Waals surface area contributed by atoms with Gasteiger partial charge >= 0.3 is 0 Å². The van der Waals surface area contributed by atoms with Gasteiger partial charge in [0.1, 0.15) is 17.6 Å². The molecular weight excluding hydrogens is 460 g/mol. The lowest BCUT2D eigenvalue weighted by molar-refractivity contribution is 0.199. The Morgan fingerprint density at radius 1 is 1.00 bits per heavy atom. The first-order valence-electron chi connectivity index (χ1n) is 13.4. The van der Waals surface area contributed by atoms with Crippen molar-refractivity contribution in [1.29, 1.82) is 5.26 Å². The van der Waals surface area contributed by atoms with E-state index < -0.39 is 6.10 Å². The zero-order chi connectivity index (χ0) is 26.0. The molecule has 0 bridgehead atoms. The minimum Gasteiger partial charge on any atom is -0.389 e. The van der Waals surface area contributed by atoms with E-state index in [1.165, 1.54) is 32.1 Å². The summed E-state index contributed by atoms with van der Waals surface area (Å²) >= 11 is 0. The molecule has 3 heterocycles. The number of aliphatic hydroxyl groups excluding tert-OH is 1. The molecule has 0 radical (unpaired) electrons. The summed E-state index contributed by atoms with van der Waals surface area (Å²) in [5.41, 5.74) is 10.9. The summed E-state index contributed by atoms with van der Waals surface area (Å²) in [4.78, 5) is 10.8. The second-order valence-electron chi connectivity index (χ2n) is 9.99. The van der Waals surface area contributed by atoms with Crippen LogP contribution >= 0.6 is 0 Å². The number of rotatable bonds is 5. The topological polar surface area (TPSA) is 111 Å². The zero-order valence-corrected chi connectivity index (χ0v) is 21.7. The van der Waals surface area contributed by atoms with Crippen LogP contribution in [0.15, 0.2) is 60.9 Å². The van der Waals surface area contributed by atoms with Gasteiger partial charge in [0.2, 0.25) is 0 Å². The number of hydrogen-bond donors (Lipinski definition) is 3. The third-order valence-electron chi connectivity index (χ3n) is 7.20. The summed E-state index contributed by atoms with van der Waals surface area (Å²) in [5, 5.41) is 21.9. The number of hydrogen-bond acceptors (Lipinski definition) is 7. The van der Waals surface area contributed by atoms with E-state index in [4.69, 9.17) is 11.0 Å². The van der Waals surface area contributed by atoms with E-state index >= 15 is 0 Å². The maximum Gasteiger partial charge on any atom is 0.140 e. The Kier molecular flexibility index (Phi) is 9.47. The van der Waals surface area contributed by atoms with Gasteiger partial charge in [0, 0.05) is 31.4 Å². The molecule has 1 aromatic carbocycles. The van der Waals surface area contributed by atoms with Gasteiger partial charge in [-0.1, -0.05) is 31.0 Å². The molecule has 194 valence electrons. The first-order valence-corrected chi connectivity index (χ1v) is 13.4. The number of nitriles is 1. The molecule has 2 aromatic heterocycles. The quantitative estimate of drug-likeness (QED) is 0.430. The molecule has 1 saturated heterocycles. The van der Waals surface area contributed by atoms with Crippen molar-refractivity contribution in [2.24, 2.45) is 5.73 Å². The van der Waals surface area contributed by atoms with Gasteiger partial charge in [0.15, 0.2) is 0 Å². The molecule has 3 aromatic rings. The van der Waals surface area contributed by atoms with E-state index in [1.807, 2.05) is 42.6 Å². The lowest BCUT2D eigenvalue weighted by Gasteiger charge is -2.29. The first kappa shape index (κ1) is 26.6. The Labute approximate surface area is 220 Å². The fourth-order valence-electron chi connectivity index (χ4n) is 4.99. The van der Waals surface area contributed by atoms with Crippen LogP contribution in [0.25, 0.3) is 11.1 Å². The third kappa shape index (κ3) is 7.51. The van der Waals surface area contributed by atoms with Gasteiger partial charge in [-0.2, -0.15) is 5.26 Å². The lowest BCUT2D eigenvalue weighted by atomic mass is 9.91. The van der Waals surface area contributed by atoms with E-state index in [0.717, 1.165) is 54.1 Å². The van der Waals surface area contributed by atoms with Crippen LogP contribution in [-0.4, -0.2) is 40.2 Å². The predicted octanol–water partition coefficient (Wildman–Crippen LogP) is 5.43. The Morgan fingerprint density at radius 2 is 1.78 bits per heavy atom. The summed E-state index contributed by atoms with van der Waals surface area (Å²) in [6.07, 6.45) is 11.6. The predicted molar refractivity (Wildman–Crippen MR) is 149 cm³/mol. The lowest BCUT2D eigenvalue weighted by Crippen LogP contribution is -2.42. The van der Waals surface area contributed by atoms with Crippen LogP contribution in [0.5, 0.6) is 0 Å². The number of nitrogens with one attached hydrogen (secondary N) is 1. The number of pyridine rings is 2. The van der Waals surface area contributed by atoms with E-state index in [-0.39, 0.29) is 6.04 Å². The molecule has 1 aliphatic heterocycles. The highest BCUT2D eigenvalue weighted by molar-refractivity contribution is 5.67. The molecule has 7 nitrogen and oxygen atoms in total. The summed E-state index contributed by atoms with van der Waals surface area (Å²) in [6.45, 7) is 4.02. The zero-order valence-electron chi connectivity index (χ0n) is 21.7. The van der Waals surface area contributed by atoms with Gasteiger partial charge < -0.3 is 21.1 Å². The van der Waals surface area contributed by atoms with Crippen molar-refractivity contribution in [3.8, 4) is 17.2 Å². The average Bonchev–Trinajstić information content (AvgIpc) is 2.95. The number of nitrogens with zero attached hydrogens (tertiary/aromatic N) is 4. The molecule has 1 aliphatic carbocycles. The molecule has 7 heteroatoms. The van der Waals surface area contributed by atoms with Crippen LogP contribution < -0.4 is 16.0 Å². The molecule has 2 fully saturated rings. The Hall–Kier alpha value is -3.47. The van der Waals surface area contributed by atoms with Crippen molar-refractivity contribution in [2.75, 3.05) is 23.3 Å². The molecule has 37 heavy (non-hydrogen) atoms. The standard InChI is InChI=1S/C19H25N3O.C11H13N3/c1-13(23)14-5-4-6-15(11-14)16-9-10-21-19(12-16)22-18-8-3-2-7-17(18)20;12-8-10-4-5-11(9-13-10)14-6-2-1-3-7-14/h4-6,9-13,17-18,23H,2-3,7-8,20H2,1H3,(H,21,22);4-5,9H,1-3,6-7H2/t13?,17-,18-;/m1./s1. The van der Waals surface area contributed by atoms with Crippen molar-refractivity contribution in [3.63, 3.8) is 0 Å². The van der Waals surface area contributed by atoms with E-state index in [9.17, 15) is 5.11 Å². The largest absolute Gasteiger partial charge is 0.389 e. The van der Waals surface area contributed by atoms with Crippen LogP contribution in [0.4, 0.5) is 11.5 Å². The molecule has 0 spiro atoms. The Morgan fingerprint density at radius 3 is 2.49 bits per heavy atom. The fourth-order valence-corrected chi connectivity index (χ4v) is 4.99. The minimum absolute atomic E-state index is 0.202. The monoisotopic (exact) mass is 498 g/mol. The van der Waals surface area contributed by atoms with Crippen LogP contribution in [0.3, 0.4) is 0 Å². The number of aromatic nitrogens is 2. The van der Waals surface area contributed by atoms with Crippen molar-refractivity contribution in [1.82, 2.24) is 9.97 Å². The first-order chi connectivity index (χ1) is 18.0. The minimum atomic E-state index is -0.463. The van der Waals surface area contributed by atoms with Crippen molar-refractivity contribution >= 4 is 11.5 Å². The van der Waals surface area contributed by atoms with Gasteiger partial charge in [0.25, 0.3) is 0 Å². The van der Waals surface area contributed by atoms with Gasteiger partial charge in [0.05, 0.1) is 18.0 Å². The number of anilines is 2. The van der Waals surface area contributed by atoms with Gasteiger partial charge in [-0.25, -0.2) is 9.97 Å². The second-order valence-corrected chi connectivity index (χ2v) is 9.99. The molecule has 0 amide bonds. The number of benzene rings is 1. The van der Waals surface area contributed by atoms with E-state index in [0.29, 0.717) is 11.7 Å². The van der Waals surface area contributed by atoms with Gasteiger partial charge in [-0.05, 0) is 86.1 Å². The maximum atomic E-state index is 9.76. The van der Waals surface area contributed by atoms with Crippen molar-refractivity contribution in [2.45, 2.75) is 70.1 Å². The summed E-state index contributed by atoms with van der Waals surface area (Å²) in [7, 11) is 0. The van der Waals surface area contributed by atoms with E-state index in [1.54, 1.807) is 19.2 Å². The van der Waals surface area contributed by atoms with Crippen molar-refractivity contribution < 1.29 is 5.11 Å². The maximum absolute atomic E-state index is 9.76. The average molecular weight is 499 g/mol. The molecule has 2 aliphatic rings. The van der Waals surface area contributed by atoms with Crippen LogP contribution in [-0.2, 0) is 0 Å². The highest BCUT2D eigenvalue weighted by Crippen LogP contribution is 2.26. The Bertz CT molecular complexity index is 1170. The smallest absolute Gasteiger partial charge is 0.140 e. The summed E-state index contributed by atoms with van der Waals surface area (Å²) < 4.78 is 0. The molecule has 5 rings (SSSR count).